The third kappa shape index (κ3) is 5.17. The molecule has 0 saturated heterocycles. The van der Waals surface area contributed by atoms with Gasteiger partial charge in [0.1, 0.15) is 0 Å². The highest BCUT2D eigenvalue weighted by atomic mass is 19.3. The Morgan fingerprint density at radius 3 is 2.63 bits per heavy atom. The Bertz CT molecular complexity index is 415. The van der Waals surface area contributed by atoms with Gasteiger partial charge in [0, 0.05) is 6.54 Å². The molecule has 0 radical (unpaired) electrons. The van der Waals surface area contributed by atoms with Crippen LogP contribution in [0, 0.1) is 5.82 Å². The van der Waals surface area contributed by atoms with E-state index in [1.165, 1.54) is 18.2 Å². The first-order valence-electron chi connectivity index (χ1n) is 5.58. The van der Waals surface area contributed by atoms with Crippen molar-refractivity contribution in [2.24, 2.45) is 0 Å². The maximum atomic E-state index is 13.2. The molecule has 106 valence electrons. The van der Waals surface area contributed by atoms with E-state index in [4.69, 9.17) is 9.84 Å². The maximum Gasteiger partial charge on any atom is 0.260 e. The number of nitrogens with zero attached hydrogens (tertiary/aromatic N) is 1. The van der Waals surface area contributed by atoms with E-state index >= 15 is 0 Å². The second kappa shape index (κ2) is 7.63. The summed E-state index contributed by atoms with van der Waals surface area (Å²) >= 11 is 0. The number of aliphatic hydroxyl groups is 1. The van der Waals surface area contributed by atoms with Gasteiger partial charge in [-0.1, -0.05) is 12.1 Å². The molecule has 0 heterocycles. The number of carbonyl (C=O) groups excluding carboxylic acids is 1. The molecule has 0 aliphatic rings. The quantitative estimate of drug-likeness (QED) is 0.817. The standard InChI is InChI=1S/C12H14F3NO3/c13-9-3-1-2-4-10(9)19-8-12(18)16(5-6-17)7-11(14)15/h1-4,11,17H,5-8H2. The van der Waals surface area contributed by atoms with Crippen molar-refractivity contribution in [2.45, 2.75) is 6.43 Å². The SMILES string of the molecule is O=C(COc1ccccc1F)N(CCO)CC(F)F. The van der Waals surface area contributed by atoms with Crippen LogP contribution in [-0.4, -0.2) is 48.6 Å². The summed E-state index contributed by atoms with van der Waals surface area (Å²) in [4.78, 5) is 12.4. The van der Waals surface area contributed by atoms with E-state index in [1.54, 1.807) is 0 Å². The van der Waals surface area contributed by atoms with Crippen LogP contribution < -0.4 is 4.74 Å². The normalized spacial score (nSPS) is 10.6. The molecule has 7 heteroatoms. The molecule has 0 aromatic heterocycles. The van der Waals surface area contributed by atoms with Crippen LogP contribution in [0.5, 0.6) is 5.75 Å². The molecule has 0 bridgehead atoms. The Morgan fingerprint density at radius 2 is 2.05 bits per heavy atom. The molecule has 1 amide bonds. The lowest BCUT2D eigenvalue weighted by molar-refractivity contribution is -0.135. The highest BCUT2D eigenvalue weighted by Gasteiger charge is 2.18. The van der Waals surface area contributed by atoms with Crippen molar-refractivity contribution < 1.29 is 27.8 Å². The van der Waals surface area contributed by atoms with Gasteiger partial charge in [0.15, 0.2) is 18.2 Å². The molecule has 4 nitrogen and oxygen atoms in total. The molecule has 0 spiro atoms. The van der Waals surface area contributed by atoms with Crippen molar-refractivity contribution in [1.82, 2.24) is 4.90 Å². The number of rotatable bonds is 7. The Kier molecular flexibility index (Phi) is 6.14. The Hall–Kier alpha value is -1.76. The van der Waals surface area contributed by atoms with Gasteiger partial charge in [-0.2, -0.15) is 0 Å². The zero-order valence-electron chi connectivity index (χ0n) is 10.1. The van der Waals surface area contributed by atoms with E-state index in [9.17, 15) is 18.0 Å². The summed E-state index contributed by atoms with van der Waals surface area (Å²) in [5.74, 6) is -1.51. The second-order valence-electron chi connectivity index (χ2n) is 3.67. The average Bonchev–Trinajstić information content (AvgIpc) is 2.36. The van der Waals surface area contributed by atoms with Gasteiger partial charge in [0.25, 0.3) is 12.3 Å². The molecule has 1 rings (SSSR count). The van der Waals surface area contributed by atoms with Crippen LogP contribution in [0.2, 0.25) is 0 Å². The minimum atomic E-state index is -2.70. The number of hydrogen-bond acceptors (Lipinski definition) is 3. The predicted octanol–water partition coefficient (Wildman–Crippen LogP) is 1.29. The second-order valence-corrected chi connectivity index (χ2v) is 3.67. The summed E-state index contributed by atoms with van der Waals surface area (Å²) < 4.78 is 42.5. The van der Waals surface area contributed by atoms with Gasteiger partial charge in [-0.3, -0.25) is 4.79 Å². The third-order valence-electron chi connectivity index (χ3n) is 2.27. The van der Waals surface area contributed by atoms with Crippen molar-refractivity contribution >= 4 is 5.91 Å². The molecule has 0 saturated carbocycles. The number of hydrogen-bond donors (Lipinski definition) is 1. The molecule has 1 N–H and O–H groups in total. The third-order valence-corrected chi connectivity index (χ3v) is 2.27. The molecule has 0 atom stereocenters. The lowest BCUT2D eigenvalue weighted by atomic mass is 10.3. The van der Waals surface area contributed by atoms with Gasteiger partial charge in [0.2, 0.25) is 0 Å². The zero-order valence-corrected chi connectivity index (χ0v) is 10.1. The Morgan fingerprint density at radius 1 is 1.37 bits per heavy atom. The van der Waals surface area contributed by atoms with Crippen LogP contribution in [0.25, 0.3) is 0 Å². The van der Waals surface area contributed by atoms with Gasteiger partial charge in [-0.15, -0.1) is 0 Å². The van der Waals surface area contributed by atoms with Crippen LogP contribution in [0.15, 0.2) is 24.3 Å². The summed E-state index contributed by atoms with van der Waals surface area (Å²) in [7, 11) is 0. The molecule has 1 aromatic carbocycles. The molecule has 0 unspecified atom stereocenters. The lowest BCUT2D eigenvalue weighted by Gasteiger charge is -2.21. The van der Waals surface area contributed by atoms with Crippen LogP contribution >= 0.6 is 0 Å². The fourth-order valence-corrected chi connectivity index (χ4v) is 1.40. The average molecular weight is 277 g/mol. The first-order valence-corrected chi connectivity index (χ1v) is 5.58. The minimum absolute atomic E-state index is 0.128. The zero-order chi connectivity index (χ0) is 14.3. The first kappa shape index (κ1) is 15.3. The number of benzene rings is 1. The van der Waals surface area contributed by atoms with Crippen LogP contribution in [0.4, 0.5) is 13.2 Å². The van der Waals surface area contributed by atoms with E-state index in [0.29, 0.717) is 0 Å². The van der Waals surface area contributed by atoms with Crippen molar-refractivity contribution in [1.29, 1.82) is 0 Å². The topological polar surface area (TPSA) is 49.8 Å². The number of aliphatic hydroxyl groups excluding tert-OH is 1. The lowest BCUT2D eigenvalue weighted by Crippen LogP contribution is -2.40. The van der Waals surface area contributed by atoms with Gasteiger partial charge < -0.3 is 14.7 Å². The van der Waals surface area contributed by atoms with Gasteiger partial charge in [-0.05, 0) is 12.1 Å². The largest absolute Gasteiger partial charge is 0.481 e. The van der Waals surface area contributed by atoms with E-state index in [0.717, 1.165) is 11.0 Å². The number of carbonyl (C=O) groups is 1. The van der Waals surface area contributed by atoms with Gasteiger partial charge in [-0.25, -0.2) is 13.2 Å². The summed E-state index contributed by atoms with van der Waals surface area (Å²) in [6.45, 7) is -2.00. The number of amides is 1. The summed E-state index contributed by atoms with van der Waals surface area (Å²) in [5.41, 5.74) is 0. The van der Waals surface area contributed by atoms with E-state index in [2.05, 4.69) is 0 Å². The van der Waals surface area contributed by atoms with Crippen LogP contribution in [0.1, 0.15) is 0 Å². The number of ether oxygens (including phenoxy) is 1. The van der Waals surface area contributed by atoms with Crippen LogP contribution in [-0.2, 0) is 4.79 Å². The Labute approximate surface area is 108 Å². The number of halogens is 3. The molecule has 0 aliphatic heterocycles. The monoisotopic (exact) mass is 277 g/mol. The molecular weight excluding hydrogens is 263 g/mol. The maximum absolute atomic E-state index is 13.2. The van der Waals surface area contributed by atoms with Crippen LogP contribution in [0.3, 0.4) is 0 Å². The molecule has 0 aliphatic carbocycles. The molecule has 0 fully saturated rings. The number of alkyl halides is 2. The first-order chi connectivity index (χ1) is 9.04. The van der Waals surface area contributed by atoms with Crippen molar-refractivity contribution in [3.05, 3.63) is 30.1 Å². The fraction of sp³-hybridized carbons (Fsp3) is 0.417. The van der Waals surface area contributed by atoms with Gasteiger partial charge in [0.05, 0.1) is 13.2 Å². The van der Waals surface area contributed by atoms with Crippen molar-refractivity contribution in [3.8, 4) is 5.75 Å². The van der Waals surface area contributed by atoms with Crippen molar-refractivity contribution in [3.63, 3.8) is 0 Å². The smallest absolute Gasteiger partial charge is 0.260 e. The Balaban J connectivity index is 2.55. The summed E-state index contributed by atoms with van der Waals surface area (Å²) in [6.07, 6.45) is -2.70. The van der Waals surface area contributed by atoms with Crippen molar-refractivity contribution in [2.75, 3.05) is 26.3 Å². The molecule has 1 aromatic rings. The summed E-state index contributed by atoms with van der Waals surface area (Å²) in [5, 5.41) is 8.69. The van der Waals surface area contributed by atoms with E-state index in [-0.39, 0.29) is 12.3 Å². The molecular formula is C12H14F3NO3. The highest BCUT2D eigenvalue weighted by Crippen LogP contribution is 2.15. The summed E-state index contributed by atoms with van der Waals surface area (Å²) in [6, 6.07) is 5.46. The highest BCUT2D eigenvalue weighted by molar-refractivity contribution is 5.77. The van der Waals surface area contributed by atoms with Gasteiger partial charge >= 0.3 is 0 Å². The van der Waals surface area contributed by atoms with E-state index < -0.39 is 37.9 Å². The fourth-order valence-electron chi connectivity index (χ4n) is 1.40. The predicted molar refractivity (Wildman–Crippen MR) is 61.6 cm³/mol. The number of para-hydroxylation sites is 1. The minimum Gasteiger partial charge on any atom is -0.481 e. The van der Waals surface area contributed by atoms with E-state index in [1.807, 2.05) is 0 Å². The molecule has 19 heavy (non-hydrogen) atoms.